The molecule has 168 valence electrons. The number of hydrogen-bond donors (Lipinski definition) is 1. The van der Waals surface area contributed by atoms with Gasteiger partial charge in [-0.25, -0.2) is 8.42 Å². The Hall–Kier alpha value is -2.84. The third kappa shape index (κ3) is 6.32. The van der Waals surface area contributed by atoms with Gasteiger partial charge in [0.2, 0.25) is 10.0 Å². The number of hydrogen-bond acceptors (Lipinski definition) is 5. The van der Waals surface area contributed by atoms with Crippen molar-refractivity contribution in [2.24, 2.45) is 0 Å². The summed E-state index contributed by atoms with van der Waals surface area (Å²) in [6, 6.07) is 11.1. The van der Waals surface area contributed by atoms with E-state index in [9.17, 15) is 13.2 Å². The average Bonchev–Trinajstić information content (AvgIpc) is 2.74. The molecule has 0 bridgehead atoms. The number of sulfonamides is 1. The second-order valence-corrected chi connectivity index (χ2v) is 8.93. The Morgan fingerprint density at radius 2 is 1.77 bits per heavy atom. The number of carbonyl (C=O) groups is 1. The Morgan fingerprint density at radius 1 is 1.13 bits per heavy atom. The lowest BCUT2D eigenvalue weighted by molar-refractivity contribution is 0.102. The molecule has 0 aliphatic carbocycles. The SMILES string of the molecule is C=CCOc1ccc(C(=O)Nc2cc(S(=O)(=O)N(CC)CC)ccc2OC(C)C)cc1. The topological polar surface area (TPSA) is 84.9 Å². The normalized spacial score (nSPS) is 11.4. The maximum absolute atomic E-state index is 12.9. The van der Waals surface area contributed by atoms with Gasteiger partial charge >= 0.3 is 0 Å². The van der Waals surface area contributed by atoms with E-state index in [-0.39, 0.29) is 16.9 Å². The molecule has 0 unspecified atom stereocenters. The van der Waals surface area contributed by atoms with Crippen LogP contribution in [0.2, 0.25) is 0 Å². The van der Waals surface area contributed by atoms with E-state index in [0.717, 1.165) is 0 Å². The summed E-state index contributed by atoms with van der Waals surface area (Å²) in [7, 11) is -3.68. The number of nitrogens with one attached hydrogen (secondary N) is 1. The third-order valence-electron chi connectivity index (χ3n) is 4.39. The molecule has 1 N–H and O–H groups in total. The van der Waals surface area contributed by atoms with Gasteiger partial charge in [0.25, 0.3) is 5.91 Å². The molecule has 0 saturated carbocycles. The predicted octanol–water partition coefficient (Wildman–Crippen LogP) is 4.32. The number of rotatable bonds is 11. The first-order valence-corrected chi connectivity index (χ1v) is 11.6. The Labute approximate surface area is 184 Å². The fourth-order valence-electron chi connectivity index (χ4n) is 2.89. The van der Waals surface area contributed by atoms with Crippen molar-refractivity contribution in [3.05, 3.63) is 60.7 Å². The molecule has 7 nitrogen and oxygen atoms in total. The highest BCUT2D eigenvalue weighted by atomic mass is 32.2. The molecule has 0 aliphatic rings. The van der Waals surface area contributed by atoms with E-state index in [1.807, 2.05) is 13.8 Å². The molecule has 2 aromatic carbocycles. The Kier molecular flexibility index (Phi) is 8.65. The molecule has 2 rings (SSSR count). The zero-order chi connectivity index (χ0) is 23.0. The first-order valence-electron chi connectivity index (χ1n) is 10.2. The highest BCUT2D eigenvalue weighted by molar-refractivity contribution is 7.89. The van der Waals surface area contributed by atoms with Gasteiger partial charge in [-0.1, -0.05) is 26.5 Å². The predicted molar refractivity (Wildman–Crippen MR) is 122 cm³/mol. The number of benzene rings is 2. The van der Waals surface area contributed by atoms with E-state index in [2.05, 4.69) is 11.9 Å². The maximum Gasteiger partial charge on any atom is 0.255 e. The van der Waals surface area contributed by atoms with Gasteiger partial charge < -0.3 is 14.8 Å². The van der Waals surface area contributed by atoms with Gasteiger partial charge in [0, 0.05) is 18.7 Å². The summed E-state index contributed by atoms with van der Waals surface area (Å²) in [5.74, 6) is 0.627. The van der Waals surface area contributed by atoms with E-state index >= 15 is 0 Å². The van der Waals surface area contributed by atoms with Gasteiger partial charge in [0.1, 0.15) is 18.1 Å². The van der Waals surface area contributed by atoms with Crippen molar-refractivity contribution < 1.29 is 22.7 Å². The van der Waals surface area contributed by atoms with Crippen molar-refractivity contribution in [2.45, 2.75) is 38.7 Å². The number of amides is 1. The highest BCUT2D eigenvalue weighted by Crippen LogP contribution is 2.30. The second-order valence-electron chi connectivity index (χ2n) is 6.99. The summed E-state index contributed by atoms with van der Waals surface area (Å²) in [5, 5.41) is 2.78. The summed E-state index contributed by atoms with van der Waals surface area (Å²) in [6.45, 7) is 11.9. The van der Waals surface area contributed by atoms with E-state index in [4.69, 9.17) is 9.47 Å². The molecule has 0 fully saturated rings. The minimum absolute atomic E-state index is 0.0933. The van der Waals surface area contributed by atoms with Crippen LogP contribution in [-0.2, 0) is 10.0 Å². The van der Waals surface area contributed by atoms with Gasteiger partial charge in [-0.15, -0.1) is 0 Å². The lowest BCUT2D eigenvalue weighted by Crippen LogP contribution is -2.30. The lowest BCUT2D eigenvalue weighted by atomic mass is 10.2. The van der Waals surface area contributed by atoms with Crippen LogP contribution in [-0.4, -0.2) is 44.4 Å². The Balaban J connectivity index is 2.35. The Bertz CT molecular complexity index is 997. The maximum atomic E-state index is 12.9. The van der Waals surface area contributed by atoms with Crippen LogP contribution in [0.3, 0.4) is 0 Å². The van der Waals surface area contributed by atoms with Crippen molar-refractivity contribution >= 4 is 21.6 Å². The van der Waals surface area contributed by atoms with Crippen molar-refractivity contribution in [3.8, 4) is 11.5 Å². The third-order valence-corrected chi connectivity index (χ3v) is 6.44. The van der Waals surface area contributed by atoms with Gasteiger partial charge in [0.05, 0.1) is 16.7 Å². The molecular formula is C23H30N2O5S. The molecule has 0 aromatic heterocycles. The molecule has 0 radical (unpaired) electrons. The first kappa shape index (κ1) is 24.4. The standard InChI is InChI=1S/C23H30N2O5S/c1-6-15-29-19-11-9-18(10-12-19)23(26)24-21-16-20(13-14-22(21)30-17(4)5)31(27,28)25(7-2)8-3/h6,9-14,16-17H,1,7-8,15H2,2-5H3,(H,24,26). The number of nitrogens with zero attached hydrogens (tertiary/aromatic N) is 1. The van der Waals surface area contributed by atoms with Crippen LogP contribution in [0.1, 0.15) is 38.1 Å². The summed E-state index contributed by atoms with van der Waals surface area (Å²) in [5.41, 5.74) is 0.692. The van der Waals surface area contributed by atoms with Crippen molar-refractivity contribution in [3.63, 3.8) is 0 Å². The molecular weight excluding hydrogens is 416 g/mol. The van der Waals surface area contributed by atoms with Crippen LogP contribution in [0.25, 0.3) is 0 Å². The molecule has 8 heteroatoms. The second kappa shape index (κ2) is 11.0. The highest BCUT2D eigenvalue weighted by Gasteiger charge is 2.23. The number of carbonyl (C=O) groups excluding carboxylic acids is 1. The van der Waals surface area contributed by atoms with Gasteiger partial charge in [-0.05, 0) is 56.3 Å². The molecule has 0 atom stereocenters. The van der Waals surface area contributed by atoms with E-state index in [1.165, 1.54) is 16.4 Å². The van der Waals surface area contributed by atoms with Crippen molar-refractivity contribution in [1.82, 2.24) is 4.31 Å². The minimum Gasteiger partial charge on any atom is -0.490 e. The summed E-state index contributed by atoms with van der Waals surface area (Å²) in [6.07, 6.45) is 1.48. The number of ether oxygens (including phenoxy) is 2. The van der Waals surface area contributed by atoms with E-state index < -0.39 is 10.0 Å². The van der Waals surface area contributed by atoms with Crippen molar-refractivity contribution in [2.75, 3.05) is 25.0 Å². The molecule has 1 amide bonds. The van der Waals surface area contributed by atoms with Gasteiger partial charge in [-0.3, -0.25) is 4.79 Å². The van der Waals surface area contributed by atoms with Crippen LogP contribution in [0, 0.1) is 0 Å². The summed E-state index contributed by atoms with van der Waals surface area (Å²) in [4.78, 5) is 12.9. The largest absolute Gasteiger partial charge is 0.490 e. The average molecular weight is 447 g/mol. The minimum atomic E-state index is -3.68. The zero-order valence-electron chi connectivity index (χ0n) is 18.4. The van der Waals surface area contributed by atoms with E-state index in [0.29, 0.717) is 42.4 Å². The van der Waals surface area contributed by atoms with Crippen LogP contribution >= 0.6 is 0 Å². The molecule has 31 heavy (non-hydrogen) atoms. The number of anilines is 1. The molecule has 0 saturated heterocycles. The summed E-state index contributed by atoms with van der Waals surface area (Å²) < 4.78 is 38.4. The first-order chi connectivity index (χ1) is 14.7. The molecule has 0 heterocycles. The molecule has 0 aliphatic heterocycles. The fourth-order valence-corrected chi connectivity index (χ4v) is 4.37. The van der Waals surface area contributed by atoms with Crippen LogP contribution < -0.4 is 14.8 Å². The molecule has 2 aromatic rings. The van der Waals surface area contributed by atoms with Crippen LogP contribution in [0.15, 0.2) is 60.0 Å². The smallest absolute Gasteiger partial charge is 0.255 e. The van der Waals surface area contributed by atoms with Crippen LogP contribution in [0.5, 0.6) is 11.5 Å². The van der Waals surface area contributed by atoms with Crippen LogP contribution in [0.4, 0.5) is 5.69 Å². The van der Waals surface area contributed by atoms with Gasteiger partial charge in [0.15, 0.2) is 0 Å². The lowest BCUT2D eigenvalue weighted by Gasteiger charge is -2.20. The Morgan fingerprint density at radius 3 is 2.32 bits per heavy atom. The van der Waals surface area contributed by atoms with E-state index in [1.54, 1.807) is 50.3 Å². The fraction of sp³-hybridized carbons (Fsp3) is 0.348. The van der Waals surface area contributed by atoms with Crippen molar-refractivity contribution in [1.29, 1.82) is 0 Å². The quantitative estimate of drug-likeness (QED) is 0.520. The molecule has 0 spiro atoms. The van der Waals surface area contributed by atoms with Gasteiger partial charge in [-0.2, -0.15) is 4.31 Å². The monoisotopic (exact) mass is 446 g/mol. The summed E-state index contributed by atoms with van der Waals surface area (Å²) >= 11 is 0. The zero-order valence-corrected chi connectivity index (χ0v) is 19.2.